The van der Waals surface area contributed by atoms with Gasteiger partial charge in [0.15, 0.2) is 0 Å². The Morgan fingerprint density at radius 1 is 1.21 bits per heavy atom. The second-order valence-corrected chi connectivity index (χ2v) is 9.28. The summed E-state index contributed by atoms with van der Waals surface area (Å²) >= 11 is 0. The molecule has 2 N–H and O–H groups in total. The molecule has 1 amide bonds. The van der Waals surface area contributed by atoms with E-state index >= 15 is 0 Å². The van der Waals surface area contributed by atoms with E-state index in [4.69, 9.17) is 5.11 Å². The highest BCUT2D eigenvalue weighted by Crippen LogP contribution is 2.45. The van der Waals surface area contributed by atoms with Crippen LogP contribution in [0.4, 0.5) is 0 Å². The Morgan fingerprint density at radius 2 is 1.96 bits per heavy atom. The summed E-state index contributed by atoms with van der Waals surface area (Å²) in [7, 11) is 0. The van der Waals surface area contributed by atoms with Crippen LogP contribution in [0.1, 0.15) is 76.3 Å². The summed E-state index contributed by atoms with van der Waals surface area (Å²) in [6, 6.07) is 0. The van der Waals surface area contributed by atoms with Crippen molar-refractivity contribution in [2.45, 2.75) is 82.6 Å². The first-order chi connectivity index (χ1) is 13.5. The van der Waals surface area contributed by atoms with Crippen molar-refractivity contribution in [1.82, 2.24) is 20.3 Å². The van der Waals surface area contributed by atoms with Gasteiger partial charge in [0.05, 0.1) is 5.69 Å². The maximum atomic E-state index is 12.6. The minimum Gasteiger partial charge on any atom is -0.481 e. The summed E-state index contributed by atoms with van der Waals surface area (Å²) in [5.74, 6) is 1.36. The molecular weight excluding hydrogens is 356 g/mol. The van der Waals surface area contributed by atoms with Crippen LogP contribution in [0.25, 0.3) is 0 Å². The van der Waals surface area contributed by atoms with Gasteiger partial charge in [0.25, 0.3) is 0 Å². The molecule has 3 saturated carbocycles. The van der Waals surface area contributed by atoms with Crippen molar-refractivity contribution in [3.63, 3.8) is 0 Å². The molecule has 4 rings (SSSR count). The van der Waals surface area contributed by atoms with Gasteiger partial charge in [-0.15, -0.1) is 5.10 Å². The van der Waals surface area contributed by atoms with Crippen molar-refractivity contribution in [3.05, 3.63) is 11.9 Å². The first-order valence-corrected chi connectivity index (χ1v) is 10.9. The van der Waals surface area contributed by atoms with Gasteiger partial charge in [-0.1, -0.05) is 30.9 Å². The lowest BCUT2D eigenvalue weighted by Gasteiger charge is -2.35. The maximum absolute atomic E-state index is 12.6. The Morgan fingerprint density at radius 3 is 2.64 bits per heavy atom. The van der Waals surface area contributed by atoms with Crippen molar-refractivity contribution in [2.24, 2.45) is 17.8 Å². The molecule has 0 bridgehead atoms. The number of carbonyl (C=O) groups is 2. The number of nitrogens with zero attached hydrogens (tertiary/aromatic N) is 3. The van der Waals surface area contributed by atoms with E-state index in [0.29, 0.717) is 19.5 Å². The molecule has 0 unspecified atom stereocenters. The third-order valence-electron chi connectivity index (χ3n) is 6.99. The van der Waals surface area contributed by atoms with Crippen LogP contribution in [0.5, 0.6) is 0 Å². The zero-order valence-corrected chi connectivity index (χ0v) is 16.6. The zero-order chi connectivity index (χ0) is 19.6. The quantitative estimate of drug-likeness (QED) is 0.642. The van der Waals surface area contributed by atoms with Gasteiger partial charge in [0, 0.05) is 37.0 Å². The maximum Gasteiger partial charge on any atom is 0.303 e. The van der Waals surface area contributed by atoms with E-state index in [-0.39, 0.29) is 23.7 Å². The third-order valence-corrected chi connectivity index (χ3v) is 6.99. The van der Waals surface area contributed by atoms with Gasteiger partial charge in [0.1, 0.15) is 0 Å². The van der Waals surface area contributed by atoms with Crippen molar-refractivity contribution in [3.8, 4) is 0 Å². The largest absolute Gasteiger partial charge is 0.481 e. The highest BCUT2D eigenvalue weighted by Gasteiger charge is 2.41. The number of amides is 1. The number of aryl methyl sites for hydroxylation is 1. The molecule has 0 aromatic carbocycles. The lowest BCUT2D eigenvalue weighted by atomic mass is 9.72. The lowest BCUT2D eigenvalue weighted by Crippen LogP contribution is -2.44. The lowest BCUT2D eigenvalue weighted by molar-refractivity contribution is -0.137. The molecule has 3 aliphatic rings. The van der Waals surface area contributed by atoms with Crippen molar-refractivity contribution in [1.29, 1.82) is 0 Å². The van der Waals surface area contributed by atoms with Gasteiger partial charge >= 0.3 is 5.97 Å². The Bertz CT molecular complexity index is 700. The fourth-order valence-corrected chi connectivity index (χ4v) is 4.99. The molecule has 28 heavy (non-hydrogen) atoms. The van der Waals surface area contributed by atoms with Gasteiger partial charge < -0.3 is 10.4 Å². The van der Waals surface area contributed by atoms with Crippen LogP contribution in [0.15, 0.2) is 6.20 Å². The van der Waals surface area contributed by atoms with Gasteiger partial charge in [-0.3, -0.25) is 14.3 Å². The number of hydrogen-bond donors (Lipinski definition) is 2. The number of nitrogens with one attached hydrogen (secondary N) is 1. The second-order valence-electron chi connectivity index (χ2n) is 9.28. The molecule has 0 radical (unpaired) electrons. The minimum atomic E-state index is -0.786. The first-order valence-electron chi connectivity index (χ1n) is 10.9. The fourth-order valence-electron chi connectivity index (χ4n) is 4.99. The highest BCUT2D eigenvalue weighted by atomic mass is 16.4. The molecule has 0 spiro atoms. The van der Waals surface area contributed by atoms with Gasteiger partial charge in [-0.25, -0.2) is 0 Å². The van der Waals surface area contributed by atoms with E-state index in [1.165, 1.54) is 19.3 Å². The summed E-state index contributed by atoms with van der Waals surface area (Å²) in [5, 5.41) is 20.6. The van der Waals surface area contributed by atoms with E-state index in [9.17, 15) is 9.59 Å². The van der Waals surface area contributed by atoms with E-state index in [1.54, 1.807) is 4.68 Å². The van der Waals surface area contributed by atoms with Crippen LogP contribution in [0.2, 0.25) is 0 Å². The number of aromatic nitrogens is 3. The zero-order valence-electron chi connectivity index (χ0n) is 16.6. The van der Waals surface area contributed by atoms with Crippen molar-refractivity contribution < 1.29 is 14.7 Å². The Hall–Kier alpha value is -1.92. The second kappa shape index (κ2) is 8.21. The number of hydrogen-bond acceptors (Lipinski definition) is 4. The number of carbonyl (C=O) groups excluding carboxylic acids is 1. The van der Waals surface area contributed by atoms with E-state index in [2.05, 4.69) is 15.6 Å². The Kier molecular flexibility index (Phi) is 5.69. The number of rotatable bonds is 10. The van der Waals surface area contributed by atoms with E-state index < -0.39 is 5.97 Å². The predicted octanol–water partition coefficient (Wildman–Crippen LogP) is 2.90. The minimum absolute atomic E-state index is 0.113. The highest BCUT2D eigenvalue weighted by molar-refractivity contribution is 5.79. The SMILES string of the molecule is O=C(O)CCCn1cc(C2(CNC(=O)C3CC(CC4CC4)C3)CCCC2)nn1. The Balaban J connectivity index is 1.29. The molecule has 1 aromatic heterocycles. The van der Waals surface area contributed by atoms with Crippen molar-refractivity contribution >= 4 is 11.9 Å². The van der Waals surface area contributed by atoms with Gasteiger partial charge in [-0.05, 0) is 50.4 Å². The van der Waals surface area contributed by atoms with E-state index in [1.807, 2.05) is 6.20 Å². The van der Waals surface area contributed by atoms with Crippen LogP contribution in [0.3, 0.4) is 0 Å². The van der Waals surface area contributed by atoms with Crippen LogP contribution in [-0.4, -0.2) is 38.5 Å². The number of carboxylic acid groups (broad SMARTS) is 1. The van der Waals surface area contributed by atoms with Crippen LogP contribution in [-0.2, 0) is 21.5 Å². The van der Waals surface area contributed by atoms with Crippen LogP contribution < -0.4 is 5.32 Å². The topological polar surface area (TPSA) is 97.1 Å². The summed E-state index contributed by atoms with van der Waals surface area (Å²) in [6.45, 7) is 1.20. The molecule has 0 aliphatic heterocycles. The van der Waals surface area contributed by atoms with Gasteiger partial charge in [0.2, 0.25) is 5.91 Å². The van der Waals surface area contributed by atoms with E-state index in [0.717, 1.165) is 56.1 Å². The molecule has 1 aromatic rings. The molecular formula is C21H32N4O3. The van der Waals surface area contributed by atoms with Crippen LogP contribution >= 0.6 is 0 Å². The molecule has 3 fully saturated rings. The summed E-state index contributed by atoms with van der Waals surface area (Å²) in [5.41, 5.74) is 0.832. The average molecular weight is 389 g/mol. The summed E-state index contributed by atoms with van der Waals surface area (Å²) in [4.78, 5) is 23.3. The molecule has 3 aliphatic carbocycles. The third kappa shape index (κ3) is 4.55. The average Bonchev–Trinajstić information content (AvgIpc) is 3.12. The normalized spacial score (nSPS) is 26.0. The Labute approximate surface area is 166 Å². The number of aliphatic carboxylic acids is 1. The van der Waals surface area contributed by atoms with Crippen LogP contribution in [0, 0.1) is 17.8 Å². The molecule has 7 nitrogen and oxygen atoms in total. The molecule has 154 valence electrons. The monoisotopic (exact) mass is 388 g/mol. The molecule has 7 heteroatoms. The summed E-state index contributed by atoms with van der Waals surface area (Å²) in [6.07, 6.45) is 13.2. The standard InChI is InChI=1S/C21H32N4O3/c26-19(27)4-3-9-25-13-18(23-24-25)21(7-1-2-8-21)14-22-20(28)17-11-16(12-17)10-15-5-6-15/h13,15-17H,1-12,14H2,(H,22,28)(H,26,27). The molecule has 1 heterocycles. The first kappa shape index (κ1) is 19.4. The smallest absolute Gasteiger partial charge is 0.303 e. The van der Waals surface area contributed by atoms with Crippen molar-refractivity contribution in [2.75, 3.05) is 6.54 Å². The predicted molar refractivity (Wildman–Crippen MR) is 104 cm³/mol. The fraction of sp³-hybridized carbons (Fsp3) is 0.810. The molecule has 0 saturated heterocycles. The number of carboxylic acids is 1. The molecule has 0 atom stereocenters. The summed E-state index contributed by atoms with van der Waals surface area (Å²) < 4.78 is 1.74. The van der Waals surface area contributed by atoms with Gasteiger partial charge in [-0.2, -0.15) is 0 Å².